The van der Waals surface area contributed by atoms with E-state index in [4.69, 9.17) is 9.84 Å². The van der Waals surface area contributed by atoms with Gasteiger partial charge in [0.2, 0.25) is 0 Å². The number of hydrogen-bond donors (Lipinski definition) is 3. The van der Waals surface area contributed by atoms with Crippen molar-refractivity contribution in [2.24, 2.45) is 0 Å². The van der Waals surface area contributed by atoms with Crippen molar-refractivity contribution in [1.29, 1.82) is 0 Å². The second-order valence-corrected chi connectivity index (χ2v) is 8.34. The zero-order valence-corrected chi connectivity index (χ0v) is 20.5. The first-order chi connectivity index (χ1) is 16.3. The number of rotatable bonds is 8. The van der Waals surface area contributed by atoms with Gasteiger partial charge in [-0.15, -0.1) is 0 Å². The number of fused-ring (bicyclic) bond motifs is 1. The highest BCUT2D eigenvalue weighted by molar-refractivity contribution is 6.03. The normalized spacial score (nSPS) is 11.6. The molecule has 0 atom stereocenters. The molecular weight excluding hydrogens is 448 g/mol. The predicted octanol–water partition coefficient (Wildman–Crippen LogP) is 4.55. The van der Waals surface area contributed by atoms with Gasteiger partial charge in [0.1, 0.15) is 23.9 Å². The zero-order chi connectivity index (χ0) is 25.3. The largest absolute Gasteiger partial charge is 0.507 e. The summed E-state index contributed by atoms with van der Waals surface area (Å²) in [4.78, 5) is 28.9. The summed E-state index contributed by atoms with van der Waals surface area (Å²) >= 11 is 0. The van der Waals surface area contributed by atoms with E-state index in [1.165, 1.54) is 17.4 Å². The fourth-order valence-corrected chi connectivity index (χ4v) is 3.56. The van der Waals surface area contributed by atoms with Gasteiger partial charge in [0.15, 0.2) is 0 Å². The summed E-state index contributed by atoms with van der Waals surface area (Å²) in [6, 6.07) is 7.77. The van der Waals surface area contributed by atoms with Crippen molar-refractivity contribution >= 4 is 11.8 Å². The van der Waals surface area contributed by atoms with E-state index in [0.717, 1.165) is 30.0 Å². The number of unbranched alkanes of at least 4 members (excludes halogenated alkanes) is 1. The average molecular weight is 489 g/mol. The van der Waals surface area contributed by atoms with Gasteiger partial charge in [0.05, 0.1) is 17.7 Å². The number of hydrogen-bond acceptors (Lipinski definition) is 6. The highest BCUT2D eigenvalue weighted by Crippen LogP contribution is 2.33. The molecule has 1 aliphatic heterocycles. The Labute approximate surface area is 208 Å². The molecule has 35 heavy (non-hydrogen) atoms. The number of phenols is 2. The summed E-state index contributed by atoms with van der Waals surface area (Å²) in [5.74, 6) is -0.972. The van der Waals surface area contributed by atoms with Gasteiger partial charge in [0, 0.05) is 32.7 Å². The molecule has 1 heterocycles. The van der Waals surface area contributed by atoms with Crippen LogP contribution in [0.3, 0.4) is 0 Å². The van der Waals surface area contributed by atoms with Crippen LogP contribution in [0, 0.1) is 0 Å². The van der Waals surface area contributed by atoms with E-state index in [1.54, 1.807) is 18.0 Å². The lowest BCUT2D eigenvalue weighted by Crippen LogP contribution is -2.29. The predicted molar refractivity (Wildman–Crippen MR) is 137 cm³/mol. The van der Waals surface area contributed by atoms with Crippen LogP contribution in [-0.4, -0.2) is 63.7 Å². The van der Waals surface area contributed by atoms with Crippen molar-refractivity contribution in [3.63, 3.8) is 0 Å². The summed E-state index contributed by atoms with van der Waals surface area (Å²) in [7, 11) is 1.64. The molecule has 0 fully saturated rings. The highest BCUT2D eigenvalue weighted by atomic mass is 16.5. The summed E-state index contributed by atoms with van der Waals surface area (Å²) in [6.45, 7) is 7.58. The summed E-state index contributed by atoms with van der Waals surface area (Å²) in [6.07, 6.45) is 2.99. The van der Waals surface area contributed by atoms with Gasteiger partial charge in [-0.2, -0.15) is 0 Å². The smallest absolute Gasteiger partial charge is 0.258 e. The molecule has 3 N–H and O–H groups in total. The van der Waals surface area contributed by atoms with Gasteiger partial charge < -0.3 is 29.9 Å². The van der Waals surface area contributed by atoms with Crippen LogP contribution in [-0.2, 0) is 13.1 Å². The molecule has 0 aliphatic carbocycles. The molecule has 0 saturated heterocycles. The third kappa shape index (κ3) is 7.62. The van der Waals surface area contributed by atoms with Crippen LogP contribution in [0.4, 0.5) is 0 Å². The van der Waals surface area contributed by atoms with Gasteiger partial charge in [-0.3, -0.25) is 9.59 Å². The van der Waals surface area contributed by atoms with E-state index in [9.17, 15) is 19.8 Å². The number of phenolic OH excluding ortho intramolecular Hbond substituents is 2. The quantitative estimate of drug-likeness (QED) is 0.503. The first-order valence-electron chi connectivity index (χ1n) is 11.7. The number of aliphatic hydroxyl groups excluding tert-OH is 1. The van der Waals surface area contributed by atoms with Crippen LogP contribution in [0.15, 0.2) is 30.3 Å². The number of nitrogens with zero attached hydrogens (tertiary/aromatic N) is 2. The fourth-order valence-electron chi connectivity index (χ4n) is 3.56. The Balaban J connectivity index is 0.00000145. The van der Waals surface area contributed by atoms with E-state index >= 15 is 0 Å². The molecule has 3 rings (SSSR count). The zero-order valence-electron chi connectivity index (χ0n) is 20.5. The highest BCUT2D eigenvalue weighted by Gasteiger charge is 2.28. The first-order valence-corrected chi connectivity index (χ1v) is 11.7. The van der Waals surface area contributed by atoms with Gasteiger partial charge >= 0.3 is 0 Å². The molecule has 0 radical (unpaired) electrons. The van der Waals surface area contributed by atoms with Crippen molar-refractivity contribution in [3.8, 4) is 17.2 Å². The topological polar surface area (TPSA) is 111 Å². The number of ether oxygens (including phenoxy) is 1. The molecule has 0 spiro atoms. The average Bonchev–Trinajstić information content (AvgIpc) is 3.24. The van der Waals surface area contributed by atoms with Gasteiger partial charge in [-0.25, -0.2) is 0 Å². The number of carbonyl (C=O) groups is 2. The minimum Gasteiger partial charge on any atom is -0.507 e. The maximum atomic E-state index is 13.1. The van der Waals surface area contributed by atoms with E-state index in [-0.39, 0.29) is 43.3 Å². The van der Waals surface area contributed by atoms with Gasteiger partial charge in [0.25, 0.3) is 11.8 Å². The van der Waals surface area contributed by atoms with Crippen molar-refractivity contribution in [2.45, 2.75) is 60.5 Å². The minimum absolute atomic E-state index is 0. The molecule has 8 nitrogen and oxygen atoms in total. The Bertz CT molecular complexity index is 992. The molecule has 2 amide bonds. The van der Waals surface area contributed by atoms with Crippen molar-refractivity contribution < 1.29 is 29.6 Å². The lowest BCUT2D eigenvalue weighted by Gasteiger charge is -2.20. The van der Waals surface area contributed by atoms with Crippen LogP contribution in [0.5, 0.6) is 17.2 Å². The fraction of sp³-hybridized carbons (Fsp3) is 0.481. The lowest BCUT2D eigenvalue weighted by atomic mass is 10.1. The SMILES string of the molecule is C.CCC.CCCCN(C)C(=O)c1cc(C(=O)N2Cc3ccc(OCCO)cc3C2)c(O)cc1O. The maximum Gasteiger partial charge on any atom is 0.258 e. The molecule has 0 saturated carbocycles. The molecule has 8 heteroatoms. The van der Waals surface area contributed by atoms with Crippen LogP contribution < -0.4 is 4.74 Å². The number of amides is 2. The Morgan fingerprint density at radius 1 is 1.00 bits per heavy atom. The molecule has 0 bridgehead atoms. The molecule has 2 aromatic rings. The lowest BCUT2D eigenvalue weighted by molar-refractivity contribution is 0.0748. The van der Waals surface area contributed by atoms with E-state index in [1.807, 2.05) is 19.1 Å². The number of carbonyl (C=O) groups excluding carboxylic acids is 2. The van der Waals surface area contributed by atoms with Crippen molar-refractivity contribution in [1.82, 2.24) is 9.80 Å². The third-order valence-corrected chi connectivity index (χ3v) is 5.32. The summed E-state index contributed by atoms with van der Waals surface area (Å²) < 4.78 is 5.42. The molecule has 2 aromatic carbocycles. The first kappa shape index (κ1) is 29.8. The second kappa shape index (κ2) is 14.2. The molecular formula is C27H40N2O6. The standard InChI is InChI=1S/C23H28N2O6.C3H8.CH4/c1-3-4-7-24(2)22(29)18-11-19(21(28)12-20(18)27)23(30)25-13-15-5-6-17(31-9-8-26)10-16(15)14-25;1-3-2;/h5-6,10-12,26-28H,3-4,7-9,13-14H2,1-2H3;3H2,1-2H3;1H4. The van der Waals surface area contributed by atoms with E-state index < -0.39 is 11.8 Å². The molecule has 0 aromatic heterocycles. The van der Waals surface area contributed by atoms with Crippen LogP contribution >= 0.6 is 0 Å². The number of aliphatic hydroxyl groups is 1. The minimum atomic E-state index is -0.434. The second-order valence-electron chi connectivity index (χ2n) is 8.34. The number of aromatic hydroxyl groups is 2. The number of benzene rings is 2. The van der Waals surface area contributed by atoms with Crippen LogP contribution in [0.1, 0.15) is 79.3 Å². The molecule has 1 aliphatic rings. The van der Waals surface area contributed by atoms with Gasteiger partial charge in [-0.1, -0.05) is 47.1 Å². The molecule has 0 unspecified atom stereocenters. The third-order valence-electron chi connectivity index (χ3n) is 5.32. The Hall–Kier alpha value is -3.26. The van der Waals surface area contributed by atoms with Gasteiger partial charge in [-0.05, 0) is 35.7 Å². The maximum absolute atomic E-state index is 13.1. The van der Waals surface area contributed by atoms with Crippen LogP contribution in [0.25, 0.3) is 0 Å². The molecule has 194 valence electrons. The Morgan fingerprint density at radius 2 is 1.63 bits per heavy atom. The summed E-state index contributed by atoms with van der Waals surface area (Å²) in [5, 5.41) is 29.4. The van der Waals surface area contributed by atoms with E-state index in [0.29, 0.717) is 25.4 Å². The van der Waals surface area contributed by atoms with Crippen LogP contribution in [0.2, 0.25) is 0 Å². The Morgan fingerprint density at radius 3 is 2.26 bits per heavy atom. The van der Waals surface area contributed by atoms with E-state index in [2.05, 4.69) is 13.8 Å². The summed E-state index contributed by atoms with van der Waals surface area (Å²) in [5.41, 5.74) is 1.82. The Kier molecular flexibility index (Phi) is 12.1. The van der Waals surface area contributed by atoms with Crippen molar-refractivity contribution in [3.05, 3.63) is 52.6 Å². The monoisotopic (exact) mass is 488 g/mol. The van der Waals surface area contributed by atoms with Crippen molar-refractivity contribution in [2.75, 3.05) is 26.8 Å².